The summed E-state index contributed by atoms with van der Waals surface area (Å²) in [5.41, 5.74) is 2.53. The molecular formula is C14H21BrN2. The Bertz CT molecular complexity index is 372. The van der Waals surface area contributed by atoms with Crippen LogP contribution in [0.1, 0.15) is 25.3 Å². The zero-order valence-corrected chi connectivity index (χ0v) is 12.4. The van der Waals surface area contributed by atoms with Gasteiger partial charge in [0.2, 0.25) is 0 Å². The average molecular weight is 297 g/mol. The Morgan fingerprint density at radius 3 is 2.76 bits per heavy atom. The van der Waals surface area contributed by atoms with Gasteiger partial charge in [0, 0.05) is 28.8 Å². The standard InChI is InChI=1S/C14H21BrN2/c1-10-6-12(15)9-14(7-10)16-13-4-5-17(3)11(2)8-13/h6-7,9,11,13,16H,4-5,8H2,1-3H3. The van der Waals surface area contributed by atoms with Gasteiger partial charge in [0.05, 0.1) is 0 Å². The van der Waals surface area contributed by atoms with E-state index in [9.17, 15) is 0 Å². The van der Waals surface area contributed by atoms with Crippen LogP contribution in [0, 0.1) is 6.92 Å². The van der Waals surface area contributed by atoms with E-state index in [0.29, 0.717) is 12.1 Å². The van der Waals surface area contributed by atoms with E-state index in [2.05, 4.69) is 65.2 Å². The lowest BCUT2D eigenvalue weighted by Crippen LogP contribution is -2.42. The van der Waals surface area contributed by atoms with Crippen molar-refractivity contribution in [3.05, 3.63) is 28.2 Å². The quantitative estimate of drug-likeness (QED) is 0.896. The molecule has 1 heterocycles. The van der Waals surface area contributed by atoms with Crippen molar-refractivity contribution in [2.75, 3.05) is 18.9 Å². The minimum Gasteiger partial charge on any atom is -0.382 e. The number of piperidine rings is 1. The van der Waals surface area contributed by atoms with Gasteiger partial charge >= 0.3 is 0 Å². The predicted octanol–water partition coefficient (Wildman–Crippen LogP) is 3.65. The van der Waals surface area contributed by atoms with Crippen LogP contribution in [0.2, 0.25) is 0 Å². The van der Waals surface area contributed by atoms with Gasteiger partial charge in [-0.2, -0.15) is 0 Å². The molecule has 1 aliphatic heterocycles. The van der Waals surface area contributed by atoms with Crippen molar-refractivity contribution in [3.63, 3.8) is 0 Å². The van der Waals surface area contributed by atoms with Crippen molar-refractivity contribution in [1.82, 2.24) is 4.90 Å². The van der Waals surface area contributed by atoms with Gasteiger partial charge in [-0.1, -0.05) is 15.9 Å². The van der Waals surface area contributed by atoms with Gasteiger partial charge in [0.25, 0.3) is 0 Å². The highest BCUT2D eigenvalue weighted by Crippen LogP contribution is 2.23. The molecule has 2 unspecified atom stereocenters. The molecule has 94 valence electrons. The first-order valence-electron chi connectivity index (χ1n) is 6.28. The van der Waals surface area contributed by atoms with Gasteiger partial charge in [-0.05, 0) is 57.5 Å². The largest absolute Gasteiger partial charge is 0.382 e. The number of hydrogen-bond acceptors (Lipinski definition) is 2. The van der Waals surface area contributed by atoms with Crippen LogP contribution in [0.4, 0.5) is 5.69 Å². The summed E-state index contributed by atoms with van der Waals surface area (Å²) in [6, 6.07) is 7.80. The van der Waals surface area contributed by atoms with E-state index in [1.54, 1.807) is 0 Å². The fourth-order valence-electron chi connectivity index (χ4n) is 2.48. The lowest BCUT2D eigenvalue weighted by Gasteiger charge is -2.35. The van der Waals surface area contributed by atoms with E-state index in [1.807, 2.05) is 0 Å². The highest BCUT2D eigenvalue weighted by atomic mass is 79.9. The second kappa shape index (κ2) is 5.40. The fourth-order valence-corrected chi connectivity index (χ4v) is 3.08. The summed E-state index contributed by atoms with van der Waals surface area (Å²) >= 11 is 3.55. The molecule has 1 aromatic rings. The van der Waals surface area contributed by atoms with Gasteiger partial charge in [-0.25, -0.2) is 0 Å². The Morgan fingerprint density at radius 2 is 2.12 bits per heavy atom. The van der Waals surface area contributed by atoms with Gasteiger partial charge in [0.1, 0.15) is 0 Å². The van der Waals surface area contributed by atoms with E-state index in [4.69, 9.17) is 0 Å². The van der Waals surface area contributed by atoms with E-state index in [-0.39, 0.29) is 0 Å². The van der Waals surface area contributed by atoms with Crippen LogP contribution in [0.3, 0.4) is 0 Å². The number of likely N-dealkylation sites (tertiary alicyclic amines) is 1. The van der Waals surface area contributed by atoms with Crippen molar-refractivity contribution in [3.8, 4) is 0 Å². The number of rotatable bonds is 2. The smallest absolute Gasteiger partial charge is 0.0356 e. The van der Waals surface area contributed by atoms with Gasteiger partial charge < -0.3 is 10.2 Å². The van der Waals surface area contributed by atoms with Crippen LogP contribution in [0.15, 0.2) is 22.7 Å². The second-order valence-corrected chi connectivity index (χ2v) is 6.13. The Hall–Kier alpha value is -0.540. The number of anilines is 1. The van der Waals surface area contributed by atoms with Gasteiger partial charge in [0.15, 0.2) is 0 Å². The van der Waals surface area contributed by atoms with E-state index in [0.717, 1.165) is 4.47 Å². The molecule has 2 atom stereocenters. The number of benzene rings is 1. The van der Waals surface area contributed by atoms with E-state index < -0.39 is 0 Å². The normalized spacial score (nSPS) is 25.9. The van der Waals surface area contributed by atoms with E-state index >= 15 is 0 Å². The molecule has 0 spiro atoms. The first kappa shape index (κ1) is 12.9. The third-order valence-electron chi connectivity index (χ3n) is 3.62. The molecule has 0 aliphatic carbocycles. The number of halogens is 1. The molecule has 0 saturated carbocycles. The SMILES string of the molecule is Cc1cc(Br)cc(NC2CCN(C)C(C)C2)c1. The lowest BCUT2D eigenvalue weighted by molar-refractivity contribution is 0.190. The molecule has 0 amide bonds. The molecule has 0 aromatic heterocycles. The Kier molecular flexibility index (Phi) is 4.10. The molecule has 1 fully saturated rings. The minimum absolute atomic E-state index is 0.606. The maximum absolute atomic E-state index is 3.66. The molecular weight excluding hydrogens is 276 g/mol. The number of nitrogens with zero attached hydrogens (tertiary/aromatic N) is 1. The van der Waals surface area contributed by atoms with Gasteiger partial charge in [-0.3, -0.25) is 0 Å². The van der Waals surface area contributed by atoms with Crippen LogP contribution in [0.25, 0.3) is 0 Å². The highest BCUT2D eigenvalue weighted by molar-refractivity contribution is 9.10. The van der Waals surface area contributed by atoms with Crippen LogP contribution >= 0.6 is 15.9 Å². The predicted molar refractivity (Wildman–Crippen MR) is 77.6 cm³/mol. The van der Waals surface area contributed by atoms with Crippen molar-refractivity contribution in [2.24, 2.45) is 0 Å². The Labute approximate surface area is 113 Å². The van der Waals surface area contributed by atoms with E-state index in [1.165, 1.54) is 30.6 Å². The Balaban J connectivity index is 2.01. The summed E-state index contributed by atoms with van der Waals surface area (Å²) < 4.78 is 1.15. The monoisotopic (exact) mass is 296 g/mol. The summed E-state index contributed by atoms with van der Waals surface area (Å²) in [7, 11) is 2.21. The van der Waals surface area contributed by atoms with Crippen LogP contribution in [-0.4, -0.2) is 30.6 Å². The molecule has 2 rings (SSSR count). The summed E-state index contributed by atoms with van der Waals surface area (Å²) in [5.74, 6) is 0. The summed E-state index contributed by atoms with van der Waals surface area (Å²) in [4.78, 5) is 2.43. The highest BCUT2D eigenvalue weighted by Gasteiger charge is 2.22. The number of aryl methyl sites for hydroxylation is 1. The lowest BCUT2D eigenvalue weighted by atomic mass is 9.98. The summed E-state index contributed by atoms with van der Waals surface area (Å²) in [6.07, 6.45) is 2.45. The number of nitrogens with one attached hydrogen (secondary N) is 1. The van der Waals surface area contributed by atoms with Crippen LogP contribution in [0.5, 0.6) is 0 Å². The second-order valence-electron chi connectivity index (χ2n) is 5.21. The molecule has 1 aromatic carbocycles. The minimum atomic E-state index is 0.606. The summed E-state index contributed by atoms with van der Waals surface area (Å²) in [6.45, 7) is 5.62. The maximum Gasteiger partial charge on any atom is 0.0356 e. The fraction of sp³-hybridized carbons (Fsp3) is 0.571. The molecule has 0 radical (unpaired) electrons. The zero-order valence-electron chi connectivity index (χ0n) is 10.8. The molecule has 3 heteroatoms. The molecule has 1 aliphatic rings. The van der Waals surface area contributed by atoms with Crippen molar-refractivity contribution in [1.29, 1.82) is 0 Å². The van der Waals surface area contributed by atoms with Crippen LogP contribution in [-0.2, 0) is 0 Å². The van der Waals surface area contributed by atoms with Gasteiger partial charge in [-0.15, -0.1) is 0 Å². The third kappa shape index (κ3) is 3.46. The molecule has 1 saturated heterocycles. The van der Waals surface area contributed by atoms with Crippen LogP contribution < -0.4 is 5.32 Å². The average Bonchev–Trinajstić information content (AvgIpc) is 2.22. The third-order valence-corrected chi connectivity index (χ3v) is 4.08. The van der Waals surface area contributed by atoms with Crippen molar-refractivity contribution < 1.29 is 0 Å². The number of hydrogen-bond donors (Lipinski definition) is 1. The topological polar surface area (TPSA) is 15.3 Å². The molecule has 0 bridgehead atoms. The zero-order chi connectivity index (χ0) is 12.4. The first-order chi connectivity index (χ1) is 8.04. The molecule has 1 N–H and O–H groups in total. The van der Waals surface area contributed by atoms with Crippen molar-refractivity contribution in [2.45, 2.75) is 38.8 Å². The molecule has 17 heavy (non-hydrogen) atoms. The Morgan fingerprint density at radius 1 is 1.35 bits per heavy atom. The summed E-state index contributed by atoms with van der Waals surface area (Å²) in [5, 5.41) is 3.66. The van der Waals surface area contributed by atoms with Crippen molar-refractivity contribution >= 4 is 21.6 Å². The first-order valence-corrected chi connectivity index (χ1v) is 7.08. The molecule has 2 nitrogen and oxygen atoms in total. The maximum atomic E-state index is 3.66.